The number of rotatable bonds is 3. The number of pyridine rings is 1. The topological polar surface area (TPSA) is 62.2 Å². The highest BCUT2D eigenvalue weighted by Crippen LogP contribution is 2.19. The van der Waals surface area contributed by atoms with Crippen molar-refractivity contribution in [3.8, 4) is 0 Å². The Morgan fingerprint density at radius 3 is 2.41 bits per heavy atom. The number of nitrogens with zero attached hydrogens (tertiary/aromatic N) is 1. The zero-order chi connectivity index (χ0) is 11.4. The molecule has 0 aliphatic carbocycles. The Labute approximate surface area is 105 Å². The number of hydrogen-bond donors (Lipinski definition) is 2. The molecule has 0 spiro atoms. The molecule has 1 heterocycles. The van der Waals surface area contributed by atoms with E-state index in [-0.39, 0.29) is 18.0 Å². The third-order valence-electron chi connectivity index (χ3n) is 2.12. The Hall–Kier alpha value is -2.07. The van der Waals surface area contributed by atoms with Crippen LogP contribution in [0.1, 0.15) is 10.4 Å². The maximum absolute atomic E-state index is 11.0. The van der Waals surface area contributed by atoms with Crippen molar-refractivity contribution in [2.75, 3.05) is 5.32 Å². The number of hydrogen-bond acceptors (Lipinski definition) is 3. The number of anilines is 2. The smallest absolute Gasteiger partial charge is 0.337 e. The molecule has 17 heavy (non-hydrogen) atoms. The van der Waals surface area contributed by atoms with Crippen molar-refractivity contribution in [2.45, 2.75) is 0 Å². The lowest BCUT2D eigenvalue weighted by Crippen LogP contribution is -2.02. The minimum Gasteiger partial charge on any atom is -0.478 e. The van der Waals surface area contributed by atoms with Crippen LogP contribution in [0.25, 0.3) is 0 Å². The Morgan fingerprint density at radius 2 is 1.76 bits per heavy atom. The highest BCUT2D eigenvalue weighted by atomic mass is 35.5. The summed E-state index contributed by atoms with van der Waals surface area (Å²) >= 11 is 0. The molecule has 0 aliphatic heterocycles. The molecule has 0 atom stereocenters. The molecule has 0 bridgehead atoms. The van der Waals surface area contributed by atoms with Gasteiger partial charge >= 0.3 is 5.97 Å². The van der Waals surface area contributed by atoms with E-state index in [9.17, 15) is 4.79 Å². The van der Waals surface area contributed by atoms with E-state index in [1.807, 2.05) is 0 Å². The lowest BCUT2D eigenvalue weighted by Gasteiger charge is -2.08. The predicted octanol–water partition coefficient (Wildman–Crippen LogP) is 2.95. The SMILES string of the molecule is Cl.O=C(O)c1ccccc1Nc1ccncc1. The number of para-hydroxylation sites is 1. The van der Waals surface area contributed by atoms with Gasteiger partial charge in [-0.2, -0.15) is 0 Å². The minimum absolute atomic E-state index is 0. The normalized spacial score (nSPS) is 9.18. The molecule has 0 saturated heterocycles. The van der Waals surface area contributed by atoms with Gasteiger partial charge < -0.3 is 10.4 Å². The van der Waals surface area contributed by atoms with Crippen LogP contribution in [0.4, 0.5) is 11.4 Å². The summed E-state index contributed by atoms with van der Waals surface area (Å²) in [6.45, 7) is 0. The van der Waals surface area contributed by atoms with Crippen LogP contribution in [0.15, 0.2) is 48.8 Å². The number of carbonyl (C=O) groups is 1. The van der Waals surface area contributed by atoms with Crippen LogP contribution in [0.3, 0.4) is 0 Å². The third-order valence-corrected chi connectivity index (χ3v) is 2.12. The number of halogens is 1. The van der Waals surface area contributed by atoms with E-state index >= 15 is 0 Å². The summed E-state index contributed by atoms with van der Waals surface area (Å²) < 4.78 is 0. The van der Waals surface area contributed by atoms with E-state index in [1.54, 1.807) is 48.8 Å². The molecule has 2 rings (SSSR count). The number of nitrogens with one attached hydrogen (secondary N) is 1. The largest absolute Gasteiger partial charge is 0.478 e. The van der Waals surface area contributed by atoms with Crippen LogP contribution in [0.5, 0.6) is 0 Å². The van der Waals surface area contributed by atoms with Crippen molar-refractivity contribution in [1.82, 2.24) is 4.98 Å². The van der Waals surface area contributed by atoms with E-state index in [0.29, 0.717) is 5.69 Å². The maximum Gasteiger partial charge on any atom is 0.337 e. The lowest BCUT2D eigenvalue weighted by atomic mass is 10.2. The van der Waals surface area contributed by atoms with Gasteiger partial charge in [0, 0.05) is 18.1 Å². The first kappa shape index (κ1) is 13.0. The van der Waals surface area contributed by atoms with Crippen LogP contribution in [-0.4, -0.2) is 16.1 Å². The van der Waals surface area contributed by atoms with E-state index in [4.69, 9.17) is 5.11 Å². The average Bonchev–Trinajstić information content (AvgIpc) is 2.31. The third kappa shape index (κ3) is 3.19. The van der Waals surface area contributed by atoms with E-state index in [2.05, 4.69) is 10.3 Å². The summed E-state index contributed by atoms with van der Waals surface area (Å²) in [7, 11) is 0. The standard InChI is InChI=1S/C12H10N2O2.ClH/c15-12(16)10-3-1-2-4-11(10)14-9-5-7-13-8-6-9;/h1-8H,(H,13,14)(H,15,16);1H. The summed E-state index contributed by atoms with van der Waals surface area (Å²) in [4.78, 5) is 14.8. The van der Waals surface area contributed by atoms with Crippen molar-refractivity contribution in [1.29, 1.82) is 0 Å². The van der Waals surface area contributed by atoms with Gasteiger partial charge in [0.2, 0.25) is 0 Å². The van der Waals surface area contributed by atoms with Crippen LogP contribution in [-0.2, 0) is 0 Å². The van der Waals surface area contributed by atoms with Gasteiger partial charge in [-0.3, -0.25) is 4.98 Å². The summed E-state index contributed by atoms with van der Waals surface area (Å²) in [6, 6.07) is 10.3. The molecule has 0 fully saturated rings. The van der Waals surface area contributed by atoms with Gasteiger partial charge in [0.15, 0.2) is 0 Å². The van der Waals surface area contributed by atoms with Crippen LogP contribution >= 0.6 is 12.4 Å². The fourth-order valence-corrected chi connectivity index (χ4v) is 1.37. The lowest BCUT2D eigenvalue weighted by molar-refractivity contribution is 0.0698. The quantitative estimate of drug-likeness (QED) is 0.879. The number of benzene rings is 1. The molecule has 2 N–H and O–H groups in total. The summed E-state index contributed by atoms with van der Waals surface area (Å²) in [5.74, 6) is -0.947. The summed E-state index contributed by atoms with van der Waals surface area (Å²) in [5.41, 5.74) is 1.63. The molecular formula is C12H11ClN2O2. The fourth-order valence-electron chi connectivity index (χ4n) is 1.37. The number of carboxylic acids is 1. The van der Waals surface area contributed by atoms with E-state index in [1.165, 1.54) is 0 Å². The summed E-state index contributed by atoms with van der Waals surface area (Å²) in [5, 5.41) is 12.0. The summed E-state index contributed by atoms with van der Waals surface area (Å²) in [6.07, 6.45) is 3.29. The molecule has 0 amide bonds. The second kappa shape index (κ2) is 5.86. The van der Waals surface area contributed by atoms with E-state index in [0.717, 1.165) is 5.69 Å². The van der Waals surface area contributed by atoms with Crippen molar-refractivity contribution in [3.05, 3.63) is 54.4 Å². The molecule has 0 radical (unpaired) electrons. The Bertz CT molecular complexity index is 503. The van der Waals surface area contributed by atoms with Gasteiger partial charge in [-0.25, -0.2) is 4.79 Å². The molecule has 88 valence electrons. The number of aromatic carboxylic acids is 1. The van der Waals surface area contributed by atoms with Gasteiger partial charge in [0.05, 0.1) is 11.3 Å². The van der Waals surface area contributed by atoms with Crippen LogP contribution in [0.2, 0.25) is 0 Å². The Morgan fingerprint density at radius 1 is 1.12 bits per heavy atom. The van der Waals surface area contributed by atoms with Crippen LogP contribution in [0, 0.1) is 0 Å². The molecule has 1 aromatic heterocycles. The first-order chi connectivity index (χ1) is 7.77. The monoisotopic (exact) mass is 250 g/mol. The fraction of sp³-hybridized carbons (Fsp3) is 0. The van der Waals surface area contributed by atoms with Crippen molar-refractivity contribution in [2.24, 2.45) is 0 Å². The molecule has 5 heteroatoms. The van der Waals surface area contributed by atoms with Gasteiger partial charge in [0.25, 0.3) is 0 Å². The van der Waals surface area contributed by atoms with Gasteiger partial charge in [-0.1, -0.05) is 12.1 Å². The molecule has 2 aromatic rings. The minimum atomic E-state index is -0.947. The van der Waals surface area contributed by atoms with Crippen molar-refractivity contribution in [3.63, 3.8) is 0 Å². The molecule has 0 saturated carbocycles. The zero-order valence-corrected chi connectivity index (χ0v) is 9.65. The maximum atomic E-state index is 11.0. The average molecular weight is 251 g/mol. The zero-order valence-electron chi connectivity index (χ0n) is 8.83. The predicted molar refractivity (Wildman–Crippen MR) is 68.2 cm³/mol. The highest BCUT2D eigenvalue weighted by molar-refractivity contribution is 5.95. The number of aromatic nitrogens is 1. The highest BCUT2D eigenvalue weighted by Gasteiger charge is 2.08. The van der Waals surface area contributed by atoms with Gasteiger partial charge in [-0.15, -0.1) is 12.4 Å². The molecule has 4 nitrogen and oxygen atoms in total. The van der Waals surface area contributed by atoms with Crippen molar-refractivity contribution >= 4 is 29.8 Å². The van der Waals surface area contributed by atoms with E-state index < -0.39 is 5.97 Å². The second-order valence-electron chi connectivity index (χ2n) is 3.21. The number of carboxylic acid groups (broad SMARTS) is 1. The first-order valence-electron chi connectivity index (χ1n) is 4.77. The Balaban J connectivity index is 0.00000144. The molecule has 1 aromatic carbocycles. The Kier molecular flexibility index (Phi) is 4.48. The van der Waals surface area contributed by atoms with Gasteiger partial charge in [0.1, 0.15) is 0 Å². The molecule has 0 aliphatic rings. The van der Waals surface area contributed by atoms with Crippen LogP contribution < -0.4 is 5.32 Å². The van der Waals surface area contributed by atoms with Gasteiger partial charge in [-0.05, 0) is 24.3 Å². The first-order valence-corrected chi connectivity index (χ1v) is 4.77. The van der Waals surface area contributed by atoms with Crippen molar-refractivity contribution < 1.29 is 9.90 Å². The second-order valence-corrected chi connectivity index (χ2v) is 3.21. The molecule has 0 unspecified atom stereocenters. The molecular weight excluding hydrogens is 240 g/mol.